The fourth-order valence-corrected chi connectivity index (χ4v) is 2.91. The van der Waals surface area contributed by atoms with Crippen LogP contribution in [0.25, 0.3) is 0 Å². The van der Waals surface area contributed by atoms with Gasteiger partial charge in [-0.3, -0.25) is 4.79 Å². The second-order valence-electron chi connectivity index (χ2n) is 5.47. The predicted octanol–water partition coefficient (Wildman–Crippen LogP) is 1.64. The summed E-state index contributed by atoms with van der Waals surface area (Å²) in [5.74, 6) is 0.250. The number of nitrogens with two attached hydrogens (primary N) is 1. The summed E-state index contributed by atoms with van der Waals surface area (Å²) in [5, 5.41) is 0. The van der Waals surface area contributed by atoms with Crippen molar-refractivity contribution in [2.75, 3.05) is 30.3 Å². The number of anilines is 2. The molecule has 0 aromatic heterocycles. The fraction of sp³-hybridized carbons (Fsp3) is 0.533. The molecule has 1 saturated carbocycles. The van der Waals surface area contributed by atoms with Crippen LogP contribution in [0.4, 0.5) is 11.4 Å². The summed E-state index contributed by atoms with van der Waals surface area (Å²) in [6.07, 6.45) is 3.35. The Hall–Kier alpha value is -1.71. The Morgan fingerprint density at radius 1 is 1.47 bits per heavy atom. The number of carbonyl (C=O) groups excluding carboxylic acids is 1. The quantitative estimate of drug-likeness (QED) is 0.836. The SMILES string of the molecule is CCN(C(=O)CN1CCc2ccc(N)cc21)C1CC1. The van der Waals surface area contributed by atoms with Crippen LogP contribution in [-0.2, 0) is 11.2 Å². The van der Waals surface area contributed by atoms with Gasteiger partial charge in [-0.15, -0.1) is 0 Å². The van der Waals surface area contributed by atoms with Crippen molar-refractivity contribution in [3.05, 3.63) is 23.8 Å². The lowest BCUT2D eigenvalue weighted by Gasteiger charge is -2.25. The minimum absolute atomic E-state index is 0.250. The highest BCUT2D eigenvalue weighted by molar-refractivity contribution is 5.83. The first-order chi connectivity index (χ1) is 9.19. The third kappa shape index (κ3) is 2.39. The summed E-state index contributed by atoms with van der Waals surface area (Å²) in [4.78, 5) is 16.5. The third-order valence-corrected chi connectivity index (χ3v) is 4.08. The number of hydrogen-bond acceptors (Lipinski definition) is 3. The highest BCUT2D eigenvalue weighted by Crippen LogP contribution is 2.31. The zero-order chi connectivity index (χ0) is 13.4. The first-order valence-electron chi connectivity index (χ1n) is 7.12. The molecule has 0 spiro atoms. The van der Waals surface area contributed by atoms with Crippen molar-refractivity contribution in [2.45, 2.75) is 32.2 Å². The van der Waals surface area contributed by atoms with Gasteiger partial charge in [-0.1, -0.05) is 6.07 Å². The number of nitrogen functional groups attached to an aromatic ring is 1. The molecule has 1 aliphatic heterocycles. The van der Waals surface area contributed by atoms with E-state index in [9.17, 15) is 4.79 Å². The molecule has 2 N–H and O–H groups in total. The molecular formula is C15H21N3O. The number of rotatable bonds is 4. The van der Waals surface area contributed by atoms with E-state index in [4.69, 9.17) is 5.73 Å². The van der Waals surface area contributed by atoms with E-state index in [0.29, 0.717) is 12.6 Å². The number of fused-ring (bicyclic) bond motifs is 1. The molecular weight excluding hydrogens is 238 g/mol. The van der Waals surface area contributed by atoms with Crippen LogP contribution in [0.5, 0.6) is 0 Å². The van der Waals surface area contributed by atoms with Gasteiger partial charge >= 0.3 is 0 Å². The molecule has 2 aliphatic rings. The molecule has 1 amide bonds. The lowest BCUT2D eigenvalue weighted by atomic mass is 10.1. The number of benzene rings is 1. The van der Waals surface area contributed by atoms with Crippen LogP contribution in [-0.4, -0.2) is 36.5 Å². The van der Waals surface area contributed by atoms with E-state index in [2.05, 4.69) is 17.9 Å². The maximum atomic E-state index is 12.4. The van der Waals surface area contributed by atoms with Crippen LogP contribution in [0.2, 0.25) is 0 Å². The molecule has 102 valence electrons. The first-order valence-corrected chi connectivity index (χ1v) is 7.12. The molecule has 0 bridgehead atoms. The molecule has 0 unspecified atom stereocenters. The van der Waals surface area contributed by atoms with Crippen molar-refractivity contribution in [3.8, 4) is 0 Å². The Balaban J connectivity index is 1.71. The first kappa shape index (κ1) is 12.3. The lowest BCUT2D eigenvalue weighted by Crippen LogP contribution is -2.41. The van der Waals surface area contributed by atoms with Crippen molar-refractivity contribution in [1.82, 2.24) is 4.90 Å². The fourth-order valence-electron chi connectivity index (χ4n) is 2.91. The van der Waals surface area contributed by atoms with Crippen molar-refractivity contribution in [2.24, 2.45) is 0 Å². The van der Waals surface area contributed by atoms with Crippen molar-refractivity contribution in [1.29, 1.82) is 0 Å². The zero-order valence-electron chi connectivity index (χ0n) is 11.4. The van der Waals surface area contributed by atoms with E-state index in [-0.39, 0.29) is 5.91 Å². The Bertz CT molecular complexity index is 496. The van der Waals surface area contributed by atoms with Crippen LogP contribution < -0.4 is 10.6 Å². The van der Waals surface area contributed by atoms with Crippen LogP contribution in [0.1, 0.15) is 25.3 Å². The zero-order valence-corrected chi connectivity index (χ0v) is 11.4. The van der Waals surface area contributed by atoms with E-state index >= 15 is 0 Å². The summed E-state index contributed by atoms with van der Waals surface area (Å²) in [5.41, 5.74) is 9.06. The molecule has 1 aromatic carbocycles. The molecule has 19 heavy (non-hydrogen) atoms. The molecule has 3 rings (SSSR count). The lowest BCUT2D eigenvalue weighted by molar-refractivity contribution is -0.130. The number of amides is 1. The van der Waals surface area contributed by atoms with Crippen LogP contribution in [0.15, 0.2) is 18.2 Å². The summed E-state index contributed by atoms with van der Waals surface area (Å²) in [6.45, 7) is 4.29. The third-order valence-electron chi connectivity index (χ3n) is 4.08. The van der Waals surface area contributed by atoms with E-state index in [0.717, 1.165) is 30.9 Å². The highest BCUT2D eigenvalue weighted by Gasteiger charge is 2.32. The average Bonchev–Trinajstić information content (AvgIpc) is 3.14. The van der Waals surface area contributed by atoms with Gasteiger partial charge in [0.15, 0.2) is 0 Å². The Kier molecular flexibility index (Phi) is 3.09. The number of carbonyl (C=O) groups is 1. The minimum atomic E-state index is 0.250. The topological polar surface area (TPSA) is 49.6 Å². The predicted molar refractivity (Wildman–Crippen MR) is 77.2 cm³/mol. The van der Waals surface area contributed by atoms with Gasteiger partial charge in [0, 0.05) is 30.5 Å². The summed E-state index contributed by atoms with van der Waals surface area (Å²) >= 11 is 0. The molecule has 4 nitrogen and oxygen atoms in total. The Morgan fingerprint density at radius 3 is 2.95 bits per heavy atom. The van der Waals surface area contributed by atoms with Crippen LogP contribution >= 0.6 is 0 Å². The second-order valence-corrected chi connectivity index (χ2v) is 5.47. The van der Waals surface area contributed by atoms with Crippen molar-refractivity contribution < 1.29 is 4.79 Å². The molecule has 1 aliphatic carbocycles. The van der Waals surface area contributed by atoms with E-state index in [1.807, 2.05) is 17.0 Å². The maximum Gasteiger partial charge on any atom is 0.242 e. The van der Waals surface area contributed by atoms with Gasteiger partial charge < -0.3 is 15.5 Å². The second kappa shape index (κ2) is 4.76. The standard InChI is InChI=1S/C15H21N3O/c1-2-18(13-5-6-13)15(19)10-17-8-7-11-3-4-12(16)9-14(11)17/h3-4,9,13H,2,5-8,10,16H2,1H3. The van der Waals surface area contributed by atoms with Gasteiger partial charge in [-0.25, -0.2) is 0 Å². The number of nitrogens with zero attached hydrogens (tertiary/aromatic N) is 2. The van der Waals surface area contributed by atoms with Gasteiger partial charge in [-0.05, 0) is 43.9 Å². The molecule has 0 atom stereocenters. The molecule has 0 saturated heterocycles. The largest absolute Gasteiger partial charge is 0.399 e. The van der Waals surface area contributed by atoms with E-state index < -0.39 is 0 Å². The summed E-state index contributed by atoms with van der Waals surface area (Å²) < 4.78 is 0. The monoisotopic (exact) mass is 259 g/mol. The maximum absolute atomic E-state index is 12.4. The van der Waals surface area contributed by atoms with Gasteiger partial charge in [0.25, 0.3) is 0 Å². The summed E-state index contributed by atoms with van der Waals surface area (Å²) in [7, 11) is 0. The Morgan fingerprint density at radius 2 is 2.26 bits per heavy atom. The molecule has 0 radical (unpaired) electrons. The van der Waals surface area contributed by atoms with Gasteiger partial charge in [0.1, 0.15) is 0 Å². The van der Waals surface area contributed by atoms with E-state index in [1.165, 1.54) is 18.4 Å². The average molecular weight is 259 g/mol. The Labute approximate surface area is 114 Å². The van der Waals surface area contributed by atoms with Crippen molar-refractivity contribution in [3.63, 3.8) is 0 Å². The molecule has 1 aromatic rings. The van der Waals surface area contributed by atoms with Gasteiger partial charge in [0.05, 0.1) is 6.54 Å². The molecule has 1 fully saturated rings. The van der Waals surface area contributed by atoms with Crippen LogP contribution in [0.3, 0.4) is 0 Å². The number of hydrogen-bond donors (Lipinski definition) is 1. The number of likely N-dealkylation sites (N-methyl/N-ethyl adjacent to an activating group) is 1. The van der Waals surface area contributed by atoms with Gasteiger partial charge in [-0.2, -0.15) is 0 Å². The summed E-state index contributed by atoms with van der Waals surface area (Å²) in [6, 6.07) is 6.50. The van der Waals surface area contributed by atoms with Crippen LogP contribution in [0, 0.1) is 0 Å². The minimum Gasteiger partial charge on any atom is -0.399 e. The van der Waals surface area contributed by atoms with Gasteiger partial charge in [0.2, 0.25) is 5.91 Å². The normalized spacial score (nSPS) is 17.4. The van der Waals surface area contributed by atoms with E-state index in [1.54, 1.807) is 0 Å². The molecule has 1 heterocycles. The highest BCUT2D eigenvalue weighted by atomic mass is 16.2. The smallest absolute Gasteiger partial charge is 0.242 e. The van der Waals surface area contributed by atoms with Crippen molar-refractivity contribution >= 4 is 17.3 Å². The molecule has 4 heteroatoms.